The maximum absolute atomic E-state index is 9.35. The van der Waals surface area contributed by atoms with Crippen LogP contribution in [-0.2, 0) is 13.3 Å². The Labute approximate surface area is 158 Å². The van der Waals surface area contributed by atoms with E-state index >= 15 is 0 Å². The molecule has 0 aliphatic rings. The second-order valence-electron chi connectivity index (χ2n) is 5.03. The predicted molar refractivity (Wildman–Crippen MR) is 102 cm³/mol. The smallest absolute Gasteiger partial charge is 0.391 e. The summed E-state index contributed by atoms with van der Waals surface area (Å²) >= 11 is 11.0. The van der Waals surface area contributed by atoms with Gasteiger partial charge in [0.25, 0.3) is 0 Å². The topological polar surface area (TPSA) is 71.4 Å². The third-order valence-corrected chi connectivity index (χ3v) is 5.27. The van der Waals surface area contributed by atoms with Gasteiger partial charge in [-0.2, -0.15) is 0 Å². The predicted octanol–water partition coefficient (Wildman–Crippen LogP) is 1.71. The van der Waals surface area contributed by atoms with Crippen molar-refractivity contribution in [3.8, 4) is 0 Å². The summed E-state index contributed by atoms with van der Waals surface area (Å²) in [4.78, 5) is 1.97. The molecule has 0 aliphatic carbocycles. The molecule has 0 fully saturated rings. The van der Waals surface area contributed by atoms with Gasteiger partial charge in [0, 0.05) is 44.7 Å². The van der Waals surface area contributed by atoms with Crippen molar-refractivity contribution in [3.05, 3.63) is 0 Å². The summed E-state index contributed by atoms with van der Waals surface area (Å²) in [5.74, 6) is 0.439. The molecule has 2 atom stereocenters. The van der Waals surface area contributed by atoms with E-state index < -0.39 is 21.7 Å². The highest BCUT2D eigenvalue weighted by atomic mass is 35.5. The standard InChI is InChI=1S/C9H19Cl2NO2.C6H16O3Si/c1-2-3-12(6-8(13)4-10)7-9(14)5-11;1-4-7-10(8-5-2)9-6-3/h8-9,13-14H,2-7H2,1H3;10H,4-6H2,1-3H3. The maximum atomic E-state index is 9.35. The SMILES string of the molecule is CCCN(CC(O)CCl)CC(O)CCl.CCO[SiH](OCC)OCC. The van der Waals surface area contributed by atoms with Crippen molar-refractivity contribution < 1.29 is 23.5 Å². The van der Waals surface area contributed by atoms with E-state index in [1.54, 1.807) is 0 Å². The van der Waals surface area contributed by atoms with E-state index in [4.69, 9.17) is 36.5 Å². The van der Waals surface area contributed by atoms with Crippen molar-refractivity contribution in [2.24, 2.45) is 0 Å². The summed E-state index contributed by atoms with van der Waals surface area (Å²) in [6, 6.07) is 0. The summed E-state index contributed by atoms with van der Waals surface area (Å²) < 4.78 is 15.7. The van der Waals surface area contributed by atoms with Crippen molar-refractivity contribution in [1.29, 1.82) is 0 Å². The zero-order valence-electron chi connectivity index (χ0n) is 15.4. The van der Waals surface area contributed by atoms with Gasteiger partial charge in [-0.05, 0) is 33.7 Å². The normalized spacial score (nSPS) is 13.8. The molecule has 0 radical (unpaired) electrons. The van der Waals surface area contributed by atoms with Crippen molar-refractivity contribution in [3.63, 3.8) is 0 Å². The average molecular weight is 408 g/mol. The highest BCUT2D eigenvalue weighted by Crippen LogP contribution is 2.00. The van der Waals surface area contributed by atoms with Crippen molar-refractivity contribution in [2.45, 2.75) is 46.3 Å². The number of nitrogens with zero attached hydrogens (tertiary/aromatic N) is 1. The zero-order valence-corrected chi connectivity index (χ0v) is 18.1. The molecule has 0 amide bonds. The lowest BCUT2D eigenvalue weighted by molar-refractivity contribution is 0.0862. The Balaban J connectivity index is 0. The lowest BCUT2D eigenvalue weighted by Gasteiger charge is -2.25. The van der Waals surface area contributed by atoms with Gasteiger partial charge in [0.15, 0.2) is 0 Å². The zero-order chi connectivity index (χ0) is 18.8. The quantitative estimate of drug-likeness (QED) is 0.337. The monoisotopic (exact) mass is 407 g/mol. The van der Waals surface area contributed by atoms with Gasteiger partial charge >= 0.3 is 9.53 Å². The second kappa shape index (κ2) is 19.9. The lowest BCUT2D eigenvalue weighted by atomic mass is 10.3. The fourth-order valence-corrected chi connectivity index (χ4v) is 3.12. The van der Waals surface area contributed by atoms with Crippen LogP contribution in [0.4, 0.5) is 0 Å². The fraction of sp³-hybridized carbons (Fsp3) is 1.00. The third-order valence-electron chi connectivity index (χ3n) is 2.74. The number of rotatable bonds is 14. The Kier molecular flexibility index (Phi) is 22.2. The van der Waals surface area contributed by atoms with E-state index in [1.807, 2.05) is 32.6 Å². The summed E-state index contributed by atoms with van der Waals surface area (Å²) in [6.45, 7) is 11.7. The van der Waals surface area contributed by atoms with Crippen molar-refractivity contribution in [2.75, 3.05) is 51.2 Å². The molecule has 2 unspecified atom stereocenters. The molecule has 0 aromatic rings. The van der Waals surface area contributed by atoms with Crippen molar-refractivity contribution in [1.82, 2.24) is 4.90 Å². The summed E-state index contributed by atoms with van der Waals surface area (Å²) in [5, 5.41) is 18.7. The number of alkyl halides is 2. The van der Waals surface area contributed by atoms with Crippen LogP contribution in [-0.4, -0.2) is 88.1 Å². The molecule has 0 spiro atoms. The first-order valence-electron chi connectivity index (χ1n) is 8.53. The molecule has 0 bridgehead atoms. The van der Waals surface area contributed by atoms with Crippen LogP contribution in [0.1, 0.15) is 34.1 Å². The number of aliphatic hydroxyl groups is 2. The fourth-order valence-electron chi connectivity index (χ4n) is 1.82. The van der Waals surface area contributed by atoms with Gasteiger partial charge in [0.05, 0.1) is 12.2 Å². The van der Waals surface area contributed by atoms with Gasteiger partial charge in [-0.25, -0.2) is 0 Å². The van der Waals surface area contributed by atoms with E-state index in [2.05, 4.69) is 0 Å². The molecular formula is C15H35Cl2NO5Si. The van der Waals surface area contributed by atoms with Gasteiger partial charge in [-0.1, -0.05) is 6.92 Å². The van der Waals surface area contributed by atoms with Crippen LogP contribution in [0.2, 0.25) is 0 Å². The Morgan fingerprint density at radius 3 is 1.46 bits per heavy atom. The lowest BCUT2D eigenvalue weighted by Crippen LogP contribution is -2.39. The Bertz CT molecular complexity index is 232. The van der Waals surface area contributed by atoms with Gasteiger partial charge in [-0.3, -0.25) is 4.90 Å². The maximum Gasteiger partial charge on any atom is 0.484 e. The first-order valence-corrected chi connectivity index (χ1v) is 11.0. The van der Waals surface area contributed by atoms with Crippen LogP contribution >= 0.6 is 23.2 Å². The molecule has 148 valence electrons. The molecule has 9 heteroatoms. The number of aliphatic hydroxyl groups excluding tert-OH is 2. The number of hydrogen-bond acceptors (Lipinski definition) is 6. The molecule has 0 heterocycles. The van der Waals surface area contributed by atoms with Crippen molar-refractivity contribution >= 4 is 32.7 Å². The number of hydrogen-bond donors (Lipinski definition) is 2. The molecule has 2 N–H and O–H groups in total. The van der Waals surface area contributed by atoms with Crippen LogP contribution in [0.3, 0.4) is 0 Å². The minimum atomic E-state index is -1.73. The van der Waals surface area contributed by atoms with Crippen LogP contribution in [0.25, 0.3) is 0 Å². The van der Waals surface area contributed by atoms with Crippen LogP contribution in [0, 0.1) is 0 Å². The largest absolute Gasteiger partial charge is 0.484 e. The molecular weight excluding hydrogens is 373 g/mol. The Hall–Kier alpha value is 0.557. The average Bonchev–Trinajstić information content (AvgIpc) is 2.56. The molecule has 0 aliphatic heterocycles. The van der Waals surface area contributed by atoms with E-state index in [-0.39, 0.29) is 11.8 Å². The molecule has 0 aromatic heterocycles. The molecule has 0 saturated heterocycles. The molecule has 6 nitrogen and oxygen atoms in total. The molecule has 0 saturated carbocycles. The number of halogens is 2. The summed E-state index contributed by atoms with van der Waals surface area (Å²) in [7, 11) is -1.73. The highest BCUT2D eigenvalue weighted by molar-refractivity contribution is 6.36. The summed E-state index contributed by atoms with van der Waals surface area (Å²) in [6.07, 6.45) is -0.0965. The summed E-state index contributed by atoms with van der Waals surface area (Å²) in [5.41, 5.74) is 0. The van der Waals surface area contributed by atoms with Gasteiger partial charge in [-0.15, -0.1) is 23.2 Å². The van der Waals surface area contributed by atoms with E-state index in [0.29, 0.717) is 32.9 Å². The highest BCUT2D eigenvalue weighted by Gasteiger charge is 2.13. The van der Waals surface area contributed by atoms with E-state index in [0.717, 1.165) is 13.0 Å². The van der Waals surface area contributed by atoms with E-state index in [9.17, 15) is 10.2 Å². The minimum absolute atomic E-state index is 0.219. The second-order valence-corrected chi connectivity index (χ2v) is 7.23. The molecule has 0 aromatic carbocycles. The first-order chi connectivity index (χ1) is 11.5. The van der Waals surface area contributed by atoms with Crippen LogP contribution in [0.15, 0.2) is 0 Å². The van der Waals surface area contributed by atoms with Gasteiger partial charge < -0.3 is 23.5 Å². The third kappa shape index (κ3) is 17.4. The van der Waals surface area contributed by atoms with E-state index in [1.165, 1.54) is 0 Å². The van der Waals surface area contributed by atoms with Gasteiger partial charge in [0.1, 0.15) is 0 Å². The van der Waals surface area contributed by atoms with Crippen LogP contribution < -0.4 is 0 Å². The Morgan fingerprint density at radius 2 is 1.21 bits per heavy atom. The molecule has 0 rings (SSSR count). The Morgan fingerprint density at radius 1 is 0.833 bits per heavy atom. The first kappa shape index (κ1) is 26.8. The van der Waals surface area contributed by atoms with Crippen LogP contribution in [0.5, 0.6) is 0 Å². The van der Waals surface area contributed by atoms with Gasteiger partial charge in [0.2, 0.25) is 0 Å². The minimum Gasteiger partial charge on any atom is -0.391 e. The molecule has 24 heavy (non-hydrogen) atoms.